The Morgan fingerprint density at radius 2 is 1.28 bits per heavy atom. The summed E-state index contributed by atoms with van der Waals surface area (Å²) in [5.74, 6) is 1.18. The second kappa shape index (κ2) is 13.5. The van der Waals surface area contributed by atoms with Crippen LogP contribution in [0.3, 0.4) is 0 Å². The van der Waals surface area contributed by atoms with E-state index in [2.05, 4.69) is 57.8 Å². The van der Waals surface area contributed by atoms with Gasteiger partial charge in [-0.3, -0.25) is 9.97 Å². The highest BCUT2D eigenvalue weighted by Gasteiger charge is 1.96. The number of aromatic hydroxyl groups is 1. The van der Waals surface area contributed by atoms with Crippen molar-refractivity contribution in [3.05, 3.63) is 73.3 Å². The van der Waals surface area contributed by atoms with Gasteiger partial charge in [-0.25, -0.2) is 0 Å². The summed E-state index contributed by atoms with van der Waals surface area (Å²) in [7, 11) is 0. The van der Waals surface area contributed by atoms with Crippen molar-refractivity contribution < 1.29 is 9.84 Å². The highest BCUT2D eigenvalue weighted by molar-refractivity contribution is 9.12. The van der Waals surface area contributed by atoms with Gasteiger partial charge in [-0.15, -0.1) is 0 Å². The molecule has 0 radical (unpaired) electrons. The number of phenols is 1. The molecule has 4 rings (SSSR count). The normalized spacial score (nSPS) is 9.90. The lowest BCUT2D eigenvalue weighted by atomic mass is 10.2. The third kappa shape index (κ3) is 8.28. The summed E-state index contributed by atoms with van der Waals surface area (Å²) in [5, 5.41) is 16.4. The Kier molecular flexibility index (Phi) is 11.0. The molecule has 0 saturated carbocycles. The molecule has 2 aromatic heterocycles. The Morgan fingerprint density at radius 1 is 0.690 bits per heavy atom. The molecule has 152 valence electrons. The minimum absolute atomic E-state index is 0.283. The van der Waals surface area contributed by atoms with Crippen molar-refractivity contribution in [2.45, 2.75) is 0 Å². The van der Waals surface area contributed by atoms with Crippen LogP contribution in [0.5, 0.6) is 11.5 Å². The zero-order valence-corrected chi connectivity index (χ0v) is 20.4. The van der Waals surface area contributed by atoms with Gasteiger partial charge in [-0.1, -0.05) is 59.9 Å². The monoisotopic (exact) mass is 582 g/mol. The van der Waals surface area contributed by atoms with Gasteiger partial charge in [0, 0.05) is 51.6 Å². The van der Waals surface area contributed by atoms with Crippen molar-refractivity contribution in [2.75, 3.05) is 22.6 Å². The predicted molar refractivity (Wildman–Crippen MR) is 132 cm³/mol. The Hall–Kier alpha value is -1.70. The molecular weight excluding hydrogens is 564 g/mol. The summed E-state index contributed by atoms with van der Waals surface area (Å²) >= 11 is 9.72. The van der Waals surface area contributed by atoms with Crippen molar-refractivity contribution in [3.8, 4) is 11.5 Å². The Labute approximate surface area is 195 Å². The van der Waals surface area contributed by atoms with Crippen LogP contribution >= 0.6 is 47.8 Å². The molecule has 0 aliphatic rings. The number of alkyl halides is 3. The number of hydrogen-bond donors (Lipinski definition) is 1. The maximum Gasteiger partial charge on any atom is 0.120 e. The highest BCUT2D eigenvalue weighted by Crippen LogP contribution is 2.19. The second-order valence-electron chi connectivity index (χ2n) is 5.71. The van der Waals surface area contributed by atoms with Crippen molar-refractivity contribution in [1.29, 1.82) is 0 Å². The van der Waals surface area contributed by atoms with E-state index in [1.807, 2.05) is 42.6 Å². The zero-order chi connectivity index (χ0) is 20.9. The molecule has 0 aliphatic heterocycles. The van der Waals surface area contributed by atoms with Gasteiger partial charge < -0.3 is 9.84 Å². The van der Waals surface area contributed by atoms with E-state index in [4.69, 9.17) is 9.84 Å². The maximum absolute atomic E-state index is 9.10. The van der Waals surface area contributed by atoms with E-state index in [1.54, 1.807) is 30.7 Å². The van der Waals surface area contributed by atoms with Gasteiger partial charge in [0.2, 0.25) is 0 Å². The smallest absolute Gasteiger partial charge is 0.120 e. The first kappa shape index (κ1) is 23.6. The molecule has 0 saturated heterocycles. The average Bonchev–Trinajstić information content (AvgIpc) is 2.78. The standard InChI is InChI=1S/C11H10BrNO.C9H7NO.C2H4Br2/c12-4-6-14-11-2-1-9-3-5-13-8-10(9)7-11;11-9-2-1-7-3-4-10-6-8(7)5-9;3-1-2-4/h1-3,5,7-8H,4,6H2;1-6,11H;1-2H2. The largest absolute Gasteiger partial charge is 0.508 e. The van der Waals surface area contributed by atoms with Crippen molar-refractivity contribution >= 4 is 69.3 Å². The molecular formula is C22H21Br3N2O2. The number of fused-ring (bicyclic) bond motifs is 2. The lowest BCUT2D eigenvalue weighted by Crippen LogP contribution is -1.97. The number of rotatable bonds is 4. The molecule has 0 amide bonds. The number of pyridine rings is 2. The Bertz CT molecular complexity index is 1010. The molecule has 0 spiro atoms. The quantitative estimate of drug-likeness (QED) is 0.270. The average molecular weight is 585 g/mol. The number of ether oxygens (including phenoxy) is 1. The van der Waals surface area contributed by atoms with E-state index < -0.39 is 0 Å². The molecule has 0 aliphatic carbocycles. The lowest BCUT2D eigenvalue weighted by Gasteiger charge is -2.04. The summed E-state index contributed by atoms with van der Waals surface area (Å²) in [6.45, 7) is 0.686. The Balaban J connectivity index is 0.000000179. The van der Waals surface area contributed by atoms with Gasteiger partial charge in [-0.05, 0) is 47.2 Å². The van der Waals surface area contributed by atoms with Crippen LogP contribution in [0, 0.1) is 0 Å². The second-order valence-corrected chi connectivity index (χ2v) is 8.09. The SMILES string of the molecule is BrCCBr.BrCCOc1ccc2ccncc2c1.Oc1ccc2ccncc2c1. The summed E-state index contributed by atoms with van der Waals surface area (Å²) in [6.07, 6.45) is 7.10. The van der Waals surface area contributed by atoms with Crippen LogP contribution in [0.2, 0.25) is 0 Å². The van der Waals surface area contributed by atoms with E-state index in [9.17, 15) is 0 Å². The van der Waals surface area contributed by atoms with Crippen LogP contribution in [-0.4, -0.2) is 37.7 Å². The van der Waals surface area contributed by atoms with E-state index >= 15 is 0 Å². The zero-order valence-electron chi connectivity index (χ0n) is 15.6. The number of halogens is 3. The molecule has 2 heterocycles. The molecule has 7 heteroatoms. The topological polar surface area (TPSA) is 55.2 Å². The number of nitrogens with zero attached hydrogens (tertiary/aromatic N) is 2. The highest BCUT2D eigenvalue weighted by atomic mass is 79.9. The van der Waals surface area contributed by atoms with Gasteiger partial charge >= 0.3 is 0 Å². The summed E-state index contributed by atoms with van der Waals surface area (Å²) in [4.78, 5) is 8.01. The summed E-state index contributed by atoms with van der Waals surface area (Å²) in [5.41, 5.74) is 0. The fourth-order valence-corrected chi connectivity index (χ4v) is 2.54. The van der Waals surface area contributed by atoms with Gasteiger partial charge in [0.15, 0.2) is 0 Å². The van der Waals surface area contributed by atoms with Gasteiger partial charge in [0.05, 0.1) is 6.61 Å². The van der Waals surface area contributed by atoms with Crippen LogP contribution < -0.4 is 4.74 Å². The van der Waals surface area contributed by atoms with Crippen molar-refractivity contribution in [1.82, 2.24) is 9.97 Å². The fourth-order valence-electron chi connectivity index (χ4n) is 2.38. The molecule has 0 unspecified atom stereocenters. The molecule has 4 aromatic rings. The molecule has 0 fully saturated rings. The number of benzene rings is 2. The van der Waals surface area contributed by atoms with Crippen molar-refractivity contribution in [3.63, 3.8) is 0 Å². The van der Waals surface area contributed by atoms with Crippen LogP contribution in [0.1, 0.15) is 0 Å². The third-order valence-electron chi connectivity index (χ3n) is 3.65. The van der Waals surface area contributed by atoms with Crippen LogP contribution in [0.25, 0.3) is 21.5 Å². The summed E-state index contributed by atoms with van der Waals surface area (Å²) < 4.78 is 5.49. The van der Waals surface area contributed by atoms with E-state index in [0.29, 0.717) is 6.61 Å². The number of phenolic OH excluding ortho intramolecular Hbond substituents is 1. The predicted octanol–water partition coefficient (Wildman–Crippen LogP) is 6.73. The molecule has 0 bridgehead atoms. The fraction of sp³-hybridized carbons (Fsp3) is 0.182. The number of aromatic nitrogens is 2. The van der Waals surface area contributed by atoms with E-state index in [0.717, 1.165) is 37.9 Å². The first-order chi connectivity index (χ1) is 14.2. The molecule has 29 heavy (non-hydrogen) atoms. The van der Waals surface area contributed by atoms with Crippen LogP contribution in [0.15, 0.2) is 73.3 Å². The molecule has 0 atom stereocenters. The van der Waals surface area contributed by atoms with E-state index in [-0.39, 0.29) is 5.75 Å². The van der Waals surface area contributed by atoms with Crippen molar-refractivity contribution in [2.24, 2.45) is 0 Å². The first-order valence-corrected chi connectivity index (χ1v) is 12.2. The third-order valence-corrected chi connectivity index (χ3v) is 5.83. The lowest BCUT2D eigenvalue weighted by molar-refractivity contribution is 0.345. The molecule has 1 N–H and O–H groups in total. The van der Waals surface area contributed by atoms with Crippen LogP contribution in [0.4, 0.5) is 0 Å². The minimum atomic E-state index is 0.283. The summed E-state index contributed by atoms with van der Waals surface area (Å²) in [6, 6.07) is 15.2. The molecule has 2 aromatic carbocycles. The number of hydrogen-bond acceptors (Lipinski definition) is 4. The molecule has 4 nitrogen and oxygen atoms in total. The van der Waals surface area contributed by atoms with E-state index in [1.165, 1.54) is 5.39 Å². The van der Waals surface area contributed by atoms with Crippen LogP contribution in [-0.2, 0) is 0 Å². The van der Waals surface area contributed by atoms with Gasteiger partial charge in [0.1, 0.15) is 11.5 Å². The Morgan fingerprint density at radius 3 is 1.86 bits per heavy atom. The minimum Gasteiger partial charge on any atom is -0.508 e. The van der Waals surface area contributed by atoms with Gasteiger partial charge in [-0.2, -0.15) is 0 Å². The first-order valence-electron chi connectivity index (χ1n) is 8.85. The van der Waals surface area contributed by atoms with Gasteiger partial charge in [0.25, 0.3) is 0 Å². The maximum atomic E-state index is 9.10.